The van der Waals surface area contributed by atoms with E-state index in [1.54, 1.807) is 6.92 Å². The lowest BCUT2D eigenvalue weighted by Gasteiger charge is -2.15. The summed E-state index contributed by atoms with van der Waals surface area (Å²) in [5.74, 6) is -3.18. The zero-order chi connectivity index (χ0) is 14.0. The number of nitrogens with one attached hydrogen (secondary N) is 2. The molecule has 1 fully saturated rings. The van der Waals surface area contributed by atoms with E-state index in [0.717, 1.165) is 17.1 Å². The van der Waals surface area contributed by atoms with Crippen molar-refractivity contribution in [2.45, 2.75) is 44.7 Å². The second-order valence-corrected chi connectivity index (χ2v) is 5.69. The average Bonchev–Trinajstić information content (AvgIpc) is 2.95. The Labute approximate surface area is 114 Å². The maximum absolute atomic E-state index is 13.0. The summed E-state index contributed by atoms with van der Waals surface area (Å²) in [5.41, 5.74) is 0.778. The number of amides is 1. The van der Waals surface area contributed by atoms with Crippen molar-refractivity contribution >= 4 is 17.2 Å². The topological polar surface area (TPSA) is 54.0 Å². The van der Waals surface area contributed by atoms with Gasteiger partial charge in [0.25, 0.3) is 5.92 Å². The minimum absolute atomic E-state index is 0.264. The zero-order valence-electron chi connectivity index (χ0n) is 10.9. The molecule has 2 atom stereocenters. The summed E-state index contributed by atoms with van der Waals surface area (Å²) in [5, 5.41) is 8.15. The van der Waals surface area contributed by atoms with Crippen LogP contribution in [0.25, 0.3) is 0 Å². The normalized spacial score (nSPS) is 23.3. The van der Waals surface area contributed by atoms with Crippen molar-refractivity contribution in [2.24, 2.45) is 0 Å². The molecule has 1 amide bonds. The number of thiazole rings is 1. The largest absolute Gasteiger partial charge is 0.347 e. The van der Waals surface area contributed by atoms with Crippen LogP contribution in [0.3, 0.4) is 0 Å². The predicted molar refractivity (Wildman–Crippen MR) is 69.4 cm³/mol. The van der Waals surface area contributed by atoms with Gasteiger partial charge in [-0.05, 0) is 13.3 Å². The highest BCUT2D eigenvalue weighted by atomic mass is 32.1. The summed E-state index contributed by atoms with van der Waals surface area (Å²) < 4.78 is 26.0. The highest BCUT2D eigenvalue weighted by molar-refractivity contribution is 7.09. The lowest BCUT2D eigenvalue weighted by Crippen LogP contribution is -2.41. The molecule has 2 N–H and O–H groups in total. The molecule has 1 aromatic heterocycles. The molecule has 2 rings (SSSR count). The summed E-state index contributed by atoms with van der Waals surface area (Å²) in [6.45, 7) is 3.38. The van der Waals surface area contributed by atoms with Gasteiger partial charge in [-0.15, -0.1) is 11.3 Å². The summed E-state index contributed by atoms with van der Waals surface area (Å²) in [6, 6.07) is -1.08. The Morgan fingerprint density at radius 2 is 2.47 bits per heavy atom. The smallest absolute Gasteiger partial charge is 0.262 e. The van der Waals surface area contributed by atoms with Gasteiger partial charge < -0.3 is 5.32 Å². The van der Waals surface area contributed by atoms with Crippen molar-refractivity contribution < 1.29 is 13.6 Å². The van der Waals surface area contributed by atoms with E-state index >= 15 is 0 Å². The molecule has 106 valence electrons. The van der Waals surface area contributed by atoms with Crippen LogP contribution in [0.2, 0.25) is 0 Å². The van der Waals surface area contributed by atoms with Crippen LogP contribution in [0.5, 0.6) is 0 Å². The van der Waals surface area contributed by atoms with Crippen molar-refractivity contribution in [2.75, 3.05) is 6.54 Å². The Kier molecular flexibility index (Phi) is 4.15. The fraction of sp³-hybridized carbons (Fsp3) is 0.667. The van der Waals surface area contributed by atoms with Gasteiger partial charge in [0.15, 0.2) is 0 Å². The third kappa shape index (κ3) is 3.48. The maximum atomic E-state index is 13.0. The van der Waals surface area contributed by atoms with Gasteiger partial charge >= 0.3 is 0 Å². The van der Waals surface area contributed by atoms with Gasteiger partial charge in [-0.2, -0.15) is 0 Å². The summed E-state index contributed by atoms with van der Waals surface area (Å²) >= 11 is 1.54. The quantitative estimate of drug-likeness (QED) is 0.890. The lowest BCUT2D eigenvalue weighted by molar-refractivity contribution is -0.124. The Morgan fingerprint density at radius 1 is 1.74 bits per heavy atom. The molecule has 0 radical (unpaired) electrons. The first kappa shape index (κ1) is 14.3. The molecule has 1 aromatic rings. The number of nitrogens with zero attached hydrogens (tertiary/aromatic N) is 1. The number of halogens is 2. The van der Waals surface area contributed by atoms with Crippen molar-refractivity contribution in [3.63, 3.8) is 0 Å². The molecule has 1 aliphatic heterocycles. The molecular formula is C12H17F2N3OS. The predicted octanol–water partition coefficient (Wildman–Crippen LogP) is 1.88. The van der Waals surface area contributed by atoms with Gasteiger partial charge in [0, 0.05) is 11.8 Å². The molecule has 2 unspecified atom stereocenters. The van der Waals surface area contributed by atoms with E-state index in [0.29, 0.717) is 0 Å². The molecule has 0 aromatic carbocycles. The number of hydrogen-bond donors (Lipinski definition) is 2. The Morgan fingerprint density at radius 3 is 3.00 bits per heavy atom. The molecular weight excluding hydrogens is 272 g/mol. The standard InChI is InChI=1S/C12H17F2N3OS/c1-3-10-17-9(5-19-10)7(2)16-11(18)8-4-12(13,14)6-15-8/h5,7-8,15H,3-4,6H2,1-2H3,(H,16,18). The summed E-state index contributed by atoms with van der Waals surface area (Å²) in [6.07, 6.45) is 0.407. The molecule has 1 saturated heterocycles. The molecule has 19 heavy (non-hydrogen) atoms. The highest BCUT2D eigenvalue weighted by Crippen LogP contribution is 2.25. The van der Waals surface area contributed by atoms with Gasteiger partial charge in [0.2, 0.25) is 5.91 Å². The van der Waals surface area contributed by atoms with E-state index in [1.165, 1.54) is 11.3 Å². The van der Waals surface area contributed by atoms with E-state index in [1.807, 2.05) is 12.3 Å². The van der Waals surface area contributed by atoms with E-state index in [4.69, 9.17) is 0 Å². The van der Waals surface area contributed by atoms with Crippen molar-refractivity contribution in [1.82, 2.24) is 15.6 Å². The van der Waals surface area contributed by atoms with E-state index in [-0.39, 0.29) is 6.04 Å². The third-order valence-electron chi connectivity index (χ3n) is 3.10. The van der Waals surface area contributed by atoms with Crippen LogP contribution in [-0.4, -0.2) is 29.4 Å². The van der Waals surface area contributed by atoms with Crippen LogP contribution in [0.4, 0.5) is 8.78 Å². The van der Waals surface area contributed by atoms with Crippen molar-refractivity contribution in [3.8, 4) is 0 Å². The number of aryl methyl sites for hydroxylation is 1. The van der Waals surface area contributed by atoms with Crippen molar-refractivity contribution in [3.05, 3.63) is 16.1 Å². The Bertz CT molecular complexity index is 464. The first-order valence-corrected chi connectivity index (χ1v) is 7.15. The SMILES string of the molecule is CCc1nc(C(C)NC(=O)C2CC(F)(F)CN2)cs1. The number of rotatable bonds is 4. The molecule has 0 aliphatic carbocycles. The fourth-order valence-electron chi connectivity index (χ4n) is 1.98. The van der Waals surface area contributed by atoms with Crippen LogP contribution in [0.1, 0.15) is 37.0 Å². The molecule has 0 spiro atoms. The van der Waals surface area contributed by atoms with E-state index < -0.39 is 30.8 Å². The first-order chi connectivity index (χ1) is 8.91. The molecule has 7 heteroatoms. The Hall–Kier alpha value is -1.08. The second kappa shape index (κ2) is 5.50. The van der Waals surface area contributed by atoms with Gasteiger partial charge in [-0.1, -0.05) is 6.92 Å². The maximum Gasteiger partial charge on any atom is 0.262 e. The molecule has 4 nitrogen and oxygen atoms in total. The Balaban J connectivity index is 1.92. The van der Waals surface area contributed by atoms with Gasteiger partial charge in [-0.25, -0.2) is 13.8 Å². The van der Waals surface area contributed by atoms with Gasteiger partial charge in [-0.3, -0.25) is 10.1 Å². The molecule has 0 saturated carbocycles. The monoisotopic (exact) mass is 289 g/mol. The van der Waals surface area contributed by atoms with Crippen LogP contribution in [0.15, 0.2) is 5.38 Å². The zero-order valence-corrected chi connectivity index (χ0v) is 11.7. The van der Waals surface area contributed by atoms with Crippen molar-refractivity contribution in [1.29, 1.82) is 0 Å². The minimum Gasteiger partial charge on any atom is -0.347 e. The van der Waals surface area contributed by atoms with Crippen LogP contribution < -0.4 is 10.6 Å². The summed E-state index contributed by atoms with van der Waals surface area (Å²) in [4.78, 5) is 16.2. The number of hydrogen-bond acceptors (Lipinski definition) is 4. The number of alkyl halides is 2. The first-order valence-electron chi connectivity index (χ1n) is 6.27. The third-order valence-corrected chi connectivity index (χ3v) is 4.11. The van der Waals surface area contributed by atoms with Crippen LogP contribution in [-0.2, 0) is 11.2 Å². The fourth-order valence-corrected chi connectivity index (χ4v) is 2.81. The molecule has 1 aliphatic rings. The lowest BCUT2D eigenvalue weighted by atomic mass is 10.1. The number of carbonyl (C=O) groups is 1. The van der Waals surface area contributed by atoms with E-state index in [2.05, 4.69) is 15.6 Å². The van der Waals surface area contributed by atoms with Crippen LogP contribution in [0, 0.1) is 0 Å². The minimum atomic E-state index is -2.79. The highest BCUT2D eigenvalue weighted by Gasteiger charge is 2.42. The number of aromatic nitrogens is 1. The van der Waals surface area contributed by atoms with Gasteiger partial charge in [0.05, 0.1) is 29.3 Å². The molecule has 0 bridgehead atoms. The number of carbonyl (C=O) groups excluding carboxylic acids is 1. The van der Waals surface area contributed by atoms with Gasteiger partial charge in [0.1, 0.15) is 0 Å². The summed E-state index contributed by atoms with van der Waals surface area (Å²) in [7, 11) is 0. The van der Waals surface area contributed by atoms with Crippen LogP contribution >= 0.6 is 11.3 Å². The molecule has 2 heterocycles. The second-order valence-electron chi connectivity index (χ2n) is 4.74. The average molecular weight is 289 g/mol. The van der Waals surface area contributed by atoms with E-state index in [9.17, 15) is 13.6 Å².